The average Bonchev–Trinajstić information content (AvgIpc) is 2.64. The largest absolute Gasteiger partial charge is 0.463 e. The van der Waals surface area contributed by atoms with Gasteiger partial charge in [0.2, 0.25) is 0 Å². The van der Waals surface area contributed by atoms with Gasteiger partial charge in [-0.2, -0.15) is 0 Å². The maximum absolute atomic E-state index is 13.9. The van der Waals surface area contributed by atoms with Crippen LogP contribution in [-0.2, 0) is 9.53 Å². The van der Waals surface area contributed by atoms with E-state index in [1.165, 1.54) is 12.1 Å². The van der Waals surface area contributed by atoms with Gasteiger partial charge in [-0.3, -0.25) is 4.90 Å². The van der Waals surface area contributed by atoms with Crippen molar-refractivity contribution in [1.82, 2.24) is 5.32 Å². The minimum Gasteiger partial charge on any atom is -0.463 e. The highest BCUT2D eigenvalue weighted by Crippen LogP contribution is 2.37. The smallest absolute Gasteiger partial charge is 0.338 e. The fraction of sp³-hybridized carbons (Fsp3) is 0.200. The highest BCUT2D eigenvalue weighted by molar-refractivity contribution is 9.10. The molecular weight excluding hydrogens is 431 g/mol. The summed E-state index contributed by atoms with van der Waals surface area (Å²) < 4.78 is 19.8. The predicted molar refractivity (Wildman–Crippen MR) is 111 cm³/mol. The summed E-state index contributed by atoms with van der Waals surface area (Å²) in [7, 11) is 0. The number of para-hydroxylation sites is 1. The van der Waals surface area contributed by atoms with Gasteiger partial charge in [0.05, 0.1) is 18.2 Å². The molecule has 0 saturated carbocycles. The topological polar surface area (TPSA) is 41.6 Å². The maximum Gasteiger partial charge on any atom is 0.338 e. The van der Waals surface area contributed by atoms with Gasteiger partial charge in [0.1, 0.15) is 5.82 Å². The Labute approximate surface area is 171 Å². The summed E-state index contributed by atoms with van der Waals surface area (Å²) >= 11 is 9.01. The molecular formula is C20H18BrFN2O2S. The molecule has 1 unspecified atom stereocenters. The number of ether oxygens (including phenoxy) is 1. The van der Waals surface area contributed by atoms with Crippen LogP contribution in [0.1, 0.15) is 25.5 Å². The highest BCUT2D eigenvalue weighted by atomic mass is 79.9. The lowest BCUT2D eigenvalue weighted by Gasteiger charge is -2.37. The Balaban J connectivity index is 2.17. The van der Waals surface area contributed by atoms with E-state index in [0.29, 0.717) is 26.4 Å². The van der Waals surface area contributed by atoms with Crippen LogP contribution >= 0.6 is 28.1 Å². The number of allylic oxidation sites excluding steroid dienone is 1. The van der Waals surface area contributed by atoms with E-state index in [1.807, 2.05) is 37.3 Å². The first-order valence-corrected chi connectivity index (χ1v) is 9.62. The lowest BCUT2D eigenvalue weighted by Crippen LogP contribution is -2.48. The number of hydrogen-bond acceptors (Lipinski definition) is 3. The molecule has 0 fully saturated rings. The molecule has 4 nitrogen and oxygen atoms in total. The van der Waals surface area contributed by atoms with Crippen LogP contribution < -0.4 is 10.2 Å². The lowest BCUT2D eigenvalue weighted by atomic mass is 9.94. The van der Waals surface area contributed by atoms with Crippen LogP contribution in [0.4, 0.5) is 10.1 Å². The molecule has 2 aromatic carbocycles. The van der Waals surface area contributed by atoms with Gasteiger partial charge >= 0.3 is 5.97 Å². The third kappa shape index (κ3) is 3.89. The minimum absolute atomic E-state index is 0.239. The van der Waals surface area contributed by atoms with E-state index >= 15 is 0 Å². The number of rotatable bonds is 4. The summed E-state index contributed by atoms with van der Waals surface area (Å²) in [5, 5.41) is 3.60. The van der Waals surface area contributed by atoms with Crippen molar-refractivity contribution in [2.75, 3.05) is 11.5 Å². The monoisotopic (exact) mass is 448 g/mol. The normalized spacial score (nSPS) is 17.0. The molecule has 0 bridgehead atoms. The molecule has 0 spiro atoms. The Morgan fingerprint density at radius 2 is 2.00 bits per heavy atom. The second kappa shape index (κ2) is 8.19. The number of carbonyl (C=O) groups is 1. The quantitative estimate of drug-likeness (QED) is 0.534. The molecule has 0 aliphatic carbocycles. The molecule has 2 aromatic rings. The Bertz CT molecular complexity index is 917. The fourth-order valence-corrected chi connectivity index (χ4v) is 3.91. The van der Waals surface area contributed by atoms with Gasteiger partial charge in [-0.1, -0.05) is 34.1 Å². The fourth-order valence-electron chi connectivity index (χ4n) is 3.07. The van der Waals surface area contributed by atoms with Gasteiger partial charge in [-0.15, -0.1) is 0 Å². The first-order valence-electron chi connectivity index (χ1n) is 8.42. The zero-order chi connectivity index (χ0) is 19.6. The molecule has 1 heterocycles. The van der Waals surface area contributed by atoms with Crippen molar-refractivity contribution in [3.63, 3.8) is 0 Å². The number of hydrogen-bond donors (Lipinski definition) is 1. The summed E-state index contributed by atoms with van der Waals surface area (Å²) in [6.07, 6.45) is 0. The summed E-state index contributed by atoms with van der Waals surface area (Å²) in [6, 6.07) is 13.2. The van der Waals surface area contributed by atoms with Gasteiger partial charge in [0, 0.05) is 15.9 Å². The van der Waals surface area contributed by atoms with Crippen LogP contribution in [0.5, 0.6) is 0 Å². The number of anilines is 1. The van der Waals surface area contributed by atoms with E-state index in [2.05, 4.69) is 21.2 Å². The molecule has 0 amide bonds. The number of thiocarbonyl (C=S) groups is 1. The zero-order valence-electron chi connectivity index (χ0n) is 14.8. The number of esters is 1. The van der Waals surface area contributed by atoms with Gasteiger partial charge < -0.3 is 10.1 Å². The van der Waals surface area contributed by atoms with E-state index in [4.69, 9.17) is 17.0 Å². The summed E-state index contributed by atoms with van der Waals surface area (Å²) in [4.78, 5) is 14.6. The van der Waals surface area contributed by atoms with Gasteiger partial charge in [0.25, 0.3) is 0 Å². The summed E-state index contributed by atoms with van der Waals surface area (Å²) in [5.74, 6) is -0.862. The minimum atomic E-state index is -0.624. The SMILES string of the molecule is CCOC(=O)C1=C(C)N(c2ccccc2)C(=S)NC1c1cc(F)ccc1Br. The van der Waals surface area contributed by atoms with Crippen molar-refractivity contribution in [3.8, 4) is 0 Å². The summed E-state index contributed by atoms with van der Waals surface area (Å²) in [6.45, 7) is 3.80. The zero-order valence-corrected chi connectivity index (χ0v) is 17.2. The second-order valence-corrected chi connectivity index (χ2v) is 7.18. The molecule has 7 heteroatoms. The van der Waals surface area contributed by atoms with Crippen LogP contribution in [0.25, 0.3) is 0 Å². The molecule has 1 N–H and O–H groups in total. The predicted octanol–water partition coefficient (Wildman–Crippen LogP) is 4.86. The molecule has 1 atom stereocenters. The average molecular weight is 449 g/mol. The molecule has 140 valence electrons. The molecule has 0 radical (unpaired) electrons. The highest BCUT2D eigenvalue weighted by Gasteiger charge is 2.36. The summed E-state index contributed by atoms with van der Waals surface area (Å²) in [5.41, 5.74) is 2.43. The number of benzene rings is 2. The van der Waals surface area contributed by atoms with E-state index in [0.717, 1.165) is 5.69 Å². The molecule has 3 rings (SSSR count). The molecule has 1 aliphatic heterocycles. The third-order valence-electron chi connectivity index (χ3n) is 4.26. The van der Waals surface area contributed by atoms with Crippen molar-refractivity contribution in [3.05, 3.63) is 75.7 Å². The van der Waals surface area contributed by atoms with Crippen LogP contribution in [0, 0.1) is 5.82 Å². The molecule has 27 heavy (non-hydrogen) atoms. The van der Waals surface area contributed by atoms with Crippen LogP contribution in [-0.4, -0.2) is 17.7 Å². The first-order chi connectivity index (χ1) is 12.9. The molecule has 1 aliphatic rings. The van der Waals surface area contributed by atoms with Crippen LogP contribution in [0.15, 0.2) is 64.3 Å². The second-order valence-electron chi connectivity index (χ2n) is 5.94. The van der Waals surface area contributed by atoms with Gasteiger partial charge in [-0.05, 0) is 62.0 Å². The van der Waals surface area contributed by atoms with Crippen LogP contribution in [0.3, 0.4) is 0 Å². The molecule has 0 aromatic heterocycles. The first kappa shape index (κ1) is 19.5. The number of carbonyl (C=O) groups excluding carboxylic acids is 1. The van der Waals surface area contributed by atoms with Crippen molar-refractivity contribution >= 4 is 44.9 Å². The van der Waals surface area contributed by atoms with Gasteiger partial charge in [-0.25, -0.2) is 9.18 Å². The van der Waals surface area contributed by atoms with E-state index in [9.17, 15) is 9.18 Å². The van der Waals surface area contributed by atoms with Gasteiger partial charge in [0.15, 0.2) is 5.11 Å². The maximum atomic E-state index is 13.9. The third-order valence-corrected chi connectivity index (χ3v) is 5.29. The Morgan fingerprint density at radius 1 is 1.30 bits per heavy atom. The Morgan fingerprint density at radius 3 is 2.67 bits per heavy atom. The van der Waals surface area contributed by atoms with Crippen molar-refractivity contribution in [2.24, 2.45) is 0 Å². The van der Waals surface area contributed by atoms with E-state index < -0.39 is 17.8 Å². The lowest BCUT2D eigenvalue weighted by molar-refractivity contribution is -0.139. The number of halogens is 2. The van der Waals surface area contributed by atoms with E-state index in [1.54, 1.807) is 17.9 Å². The Kier molecular flexibility index (Phi) is 5.92. The number of nitrogens with one attached hydrogen (secondary N) is 1. The molecule has 0 saturated heterocycles. The van der Waals surface area contributed by atoms with E-state index in [-0.39, 0.29) is 6.61 Å². The van der Waals surface area contributed by atoms with Crippen molar-refractivity contribution in [2.45, 2.75) is 19.9 Å². The van der Waals surface area contributed by atoms with Crippen LogP contribution in [0.2, 0.25) is 0 Å². The number of nitrogens with zero attached hydrogens (tertiary/aromatic N) is 1. The van der Waals surface area contributed by atoms with Crippen molar-refractivity contribution in [1.29, 1.82) is 0 Å². The Hall–Kier alpha value is -2.25. The standard InChI is InChI=1S/C20H18BrFN2O2S/c1-3-26-19(25)17-12(2)24(14-7-5-4-6-8-14)20(27)23-18(17)15-11-13(22)9-10-16(15)21/h4-11,18H,3H2,1-2H3,(H,23,27). The van der Waals surface area contributed by atoms with Crippen molar-refractivity contribution < 1.29 is 13.9 Å².